The van der Waals surface area contributed by atoms with Gasteiger partial charge in [-0.05, 0) is 29.8 Å². The monoisotopic (exact) mass is 444 g/mol. The van der Waals surface area contributed by atoms with Gasteiger partial charge in [-0.15, -0.1) is 0 Å². The molecule has 1 aliphatic heterocycles. The molecular weight excluding hydrogens is 420 g/mol. The molecule has 10 nitrogen and oxygen atoms in total. The van der Waals surface area contributed by atoms with Crippen LogP contribution in [0.2, 0.25) is 0 Å². The van der Waals surface area contributed by atoms with Crippen LogP contribution in [-0.4, -0.2) is 50.4 Å². The molecular formula is C23H24N8O2. The summed E-state index contributed by atoms with van der Waals surface area (Å²) in [5, 5.41) is 20.7. The molecule has 6 N–H and O–H groups in total. The van der Waals surface area contributed by atoms with Crippen molar-refractivity contribution in [3.05, 3.63) is 66.6 Å². The number of aliphatic hydroxyl groups excluding tert-OH is 1. The molecule has 3 aromatic heterocycles. The minimum Gasteiger partial charge on any atom is -0.388 e. The lowest BCUT2D eigenvalue weighted by molar-refractivity contribution is 0.125. The molecule has 0 spiro atoms. The molecule has 5 rings (SSSR count). The number of hydrogen-bond donors (Lipinski definition) is 5. The van der Waals surface area contributed by atoms with E-state index in [-0.39, 0.29) is 6.04 Å². The Morgan fingerprint density at radius 1 is 1.03 bits per heavy atom. The topological polar surface area (TPSA) is 143 Å². The highest BCUT2D eigenvalue weighted by molar-refractivity contribution is 5.79. The fourth-order valence-corrected chi connectivity index (χ4v) is 3.62. The molecule has 168 valence electrons. The van der Waals surface area contributed by atoms with E-state index in [2.05, 4.69) is 42.0 Å². The normalized spacial score (nSPS) is 17.7. The maximum atomic E-state index is 9.93. The number of nitrogen functional groups attached to an aromatic ring is 1. The quantitative estimate of drug-likeness (QED) is 0.288. The van der Waals surface area contributed by atoms with Crippen molar-refractivity contribution < 1.29 is 9.84 Å². The van der Waals surface area contributed by atoms with Crippen molar-refractivity contribution in [3.8, 4) is 0 Å². The van der Waals surface area contributed by atoms with Crippen LogP contribution < -0.4 is 21.7 Å². The fourth-order valence-electron chi connectivity index (χ4n) is 3.62. The molecule has 0 bridgehead atoms. The predicted octanol–water partition coefficient (Wildman–Crippen LogP) is 2.53. The highest BCUT2D eigenvalue weighted by Crippen LogP contribution is 2.22. The second-order valence-electron chi connectivity index (χ2n) is 7.78. The second-order valence-corrected chi connectivity index (χ2v) is 7.78. The molecule has 33 heavy (non-hydrogen) atoms. The molecule has 0 radical (unpaired) electrons. The molecule has 1 aliphatic rings. The van der Waals surface area contributed by atoms with Crippen molar-refractivity contribution in [1.29, 1.82) is 0 Å². The molecule has 1 saturated heterocycles. The largest absolute Gasteiger partial charge is 0.388 e. The lowest BCUT2D eigenvalue weighted by Gasteiger charge is -2.16. The molecule has 1 fully saturated rings. The number of aromatic nitrogens is 4. The average Bonchev–Trinajstić information content (AvgIpc) is 3.23. The molecule has 0 saturated carbocycles. The summed E-state index contributed by atoms with van der Waals surface area (Å²) in [5.41, 5.74) is 8.84. The van der Waals surface area contributed by atoms with Crippen molar-refractivity contribution >= 4 is 39.9 Å². The summed E-state index contributed by atoms with van der Waals surface area (Å²) in [6, 6.07) is 13.5. The van der Waals surface area contributed by atoms with Crippen LogP contribution >= 0.6 is 0 Å². The third-order valence-electron chi connectivity index (χ3n) is 5.34. The Morgan fingerprint density at radius 2 is 1.97 bits per heavy atom. The standard InChI is InChI=1S/C23H24N8O2/c24-22-23(28-10-14-3-4-17-15(8-14)2-1-6-25-17)31-21(11-27-22)29-16-5-7-26-20(9-16)30-18-12-33-13-19(18)32/h1-9,11,18-19,32H,10,12-13H2,(H2,24,27)(H3,26,28,29,30,31). The van der Waals surface area contributed by atoms with Gasteiger partial charge in [0, 0.05) is 36.1 Å². The van der Waals surface area contributed by atoms with Crippen LogP contribution in [0.3, 0.4) is 0 Å². The van der Waals surface area contributed by atoms with Gasteiger partial charge in [0.1, 0.15) is 5.82 Å². The number of hydrogen-bond acceptors (Lipinski definition) is 10. The Balaban J connectivity index is 1.27. The van der Waals surface area contributed by atoms with Crippen molar-refractivity contribution in [2.75, 3.05) is 34.9 Å². The van der Waals surface area contributed by atoms with Gasteiger partial charge in [0.25, 0.3) is 0 Å². The van der Waals surface area contributed by atoms with Crippen molar-refractivity contribution in [2.45, 2.75) is 18.7 Å². The van der Waals surface area contributed by atoms with Gasteiger partial charge in [0.15, 0.2) is 17.5 Å². The van der Waals surface area contributed by atoms with Crippen molar-refractivity contribution in [2.24, 2.45) is 0 Å². The first-order valence-corrected chi connectivity index (χ1v) is 10.6. The van der Waals surface area contributed by atoms with Crippen LogP contribution in [0.15, 0.2) is 61.1 Å². The first-order chi connectivity index (χ1) is 16.1. The number of aliphatic hydroxyl groups is 1. The molecule has 2 atom stereocenters. The van der Waals surface area contributed by atoms with E-state index in [0.717, 1.165) is 22.2 Å². The van der Waals surface area contributed by atoms with E-state index in [4.69, 9.17) is 10.5 Å². The number of ether oxygens (including phenoxy) is 1. The molecule has 4 aromatic rings. The van der Waals surface area contributed by atoms with Crippen molar-refractivity contribution in [1.82, 2.24) is 19.9 Å². The summed E-state index contributed by atoms with van der Waals surface area (Å²) in [4.78, 5) is 17.5. The minimum atomic E-state index is -0.557. The van der Waals surface area contributed by atoms with E-state index in [0.29, 0.717) is 43.0 Å². The van der Waals surface area contributed by atoms with Gasteiger partial charge in [-0.3, -0.25) is 4.98 Å². The van der Waals surface area contributed by atoms with Crippen LogP contribution in [0, 0.1) is 0 Å². The Hall–Kier alpha value is -4.02. The summed E-state index contributed by atoms with van der Waals surface area (Å²) in [7, 11) is 0. The molecule has 0 aliphatic carbocycles. The number of rotatable bonds is 7. The number of benzene rings is 1. The fraction of sp³-hybridized carbons (Fsp3) is 0.217. The zero-order chi connectivity index (χ0) is 22.6. The molecule has 1 aromatic carbocycles. The zero-order valence-corrected chi connectivity index (χ0v) is 17.8. The van der Waals surface area contributed by atoms with E-state index in [1.165, 1.54) is 0 Å². The van der Waals surface area contributed by atoms with E-state index in [9.17, 15) is 5.11 Å². The first kappa shape index (κ1) is 20.9. The number of nitrogens with zero attached hydrogens (tertiary/aromatic N) is 4. The lowest BCUT2D eigenvalue weighted by atomic mass is 10.1. The Bertz CT molecular complexity index is 1270. The summed E-state index contributed by atoms with van der Waals surface area (Å²) >= 11 is 0. The average molecular weight is 444 g/mol. The van der Waals surface area contributed by atoms with E-state index < -0.39 is 6.10 Å². The zero-order valence-electron chi connectivity index (χ0n) is 17.8. The highest BCUT2D eigenvalue weighted by atomic mass is 16.5. The first-order valence-electron chi connectivity index (χ1n) is 10.6. The van der Waals surface area contributed by atoms with Gasteiger partial charge >= 0.3 is 0 Å². The molecule has 0 amide bonds. The number of nitrogens with two attached hydrogens (primary N) is 1. The second kappa shape index (κ2) is 9.23. The van der Waals surface area contributed by atoms with Gasteiger partial charge in [0.05, 0.1) is 37.1 Å². The van der Waals surface area contributed by atoms with Crippen LogP contribution in [0.1, 0.15) is 5.56 Å². The summed E-state index contributed by atoms with van der Waals surface area (Å²) < 4.78 is 5.27. The van der Waals surface area contributed by atoms with Gasteiger partial charge in [0.2, 0.25) is 0 Å². The van der Waals surface area contributed by atoms with Crippen LogP contribution in [0.4, 0.5) is 29.0 Å². The third kappa shape index (κ3) is 4.92. The van der Waals surface area contributed by atoms with E-state index in [1.54, 1.807) is 18.6 Å². The number of fused-ring (bicyclic) bond motifs is 1. The molecule has 10 heteroatoms. The maximum Gasteiger partial charge on any atom is 0.171 e. The predicted molar refractivity (Wildman–Crippen MR) is 127 cm³/mol. The van der Waals surface area contributed by atoms with Gasteiger partial charge < -0.3 is 31.5 Å². The van der Waals surface area contributed by atoms with Gasteiger partial charge in [-0.2, -0.15) is 0 Å². The Morgan fingerprint density at radius 3 is 2.85 bits per heavy atom. The van der Waals surface area contributed by atoms with Gasteiger partial charge in [-0.1, -0.05) is 12.1 Å². The lowest BCUT2D eigenvalue weighted by Crippen LogP contribution is -2.32. The third-order valence-corrected chi connectivity index (χ3v) is 5.34. The minimum absolute atomic E-state index is 0.189. The van der Waals surface area contributed by atoms with E-state index in [1.807, 2.05) is 36.4 Å². The van der Waals surface area contributed by atoms with Crippen molar-refractivity contribution in [3.63, 3.8) is 0 Å². The number of nitrogens with one attached hydrogen (secondary N) is 3. The number of anilines is 5. The van der Waals surface area contributed by atoms with E-state index >= 15 is 0 Å². The van der Waals surface area contributed by atoms with Crippen LogP contribution in [-0.2, 0) is 11.3 Å². The highest BCUT2D eigenvalue weighted by Gasteiger charge is 2.26. The Kier molecular flexibility index (Phi) is 5.83. The van der Waals surface area contributed by atoms with Crippen LogP contribution in [0.25, 0.3) is 10.9 Å². The molecule has 4 heterocycles. The number of pyridine rings is 2. The Labute approximate surface area is 190 Å². The summed E-state index contributed by atoms with van der Waals surface area (Å²) in [6.45, 7) is 1.30. The SMILES string of the molecule is Nc1ncc(Nc2ccnc(NC3COCC3O)c2)nc1NCc1ccc2ncccc2c1. The molecule has 2 unspecified atom stereocenters. The van der Waals surface area contributed by atoms with Gasteiger partial charge in [-0.25, -0.2) is 15.0 Å². The summed E-state index contributed by atoms with van der Waals surface area (Å²) in [6.07, 6.45) is 4.47. The smallest absolute Gasteiger partial charge is 0.171 e. The summed E-state index contributed by atoms with van der Waals surface area (Å²) in [5.74, 6) is 1.97. The van der Waals surface area contributed by atoms with Crippen LogP contribution in [0.5, 0.6) is 0 Å². The maximum absolute atomic E-state index is 9.93.